The predicted molar refractivity (Wildman–Crippen MR) is 150 cm³/mol. The van der Waals surface area contributed by atoms with E-state index in [0.717, 1.165) is 11.8 Å². The van der Waals surface area contributed by atoms with Crippen molar-refractivity contribution in [1.82, 2.24) is 28.7 Å². The Morgan fingerprint density at radius 3 is 2.62 bits per heavy atom. The molecule has 5 aromatic rings. The first kappa shape index (κ1) is 25.8. The van der Waals surface area contributed by atoms with Gasteiger partial charge in [-0.25, -0.2) is 27.3 Å². The molecule has 0 radical (unpaired) electrons. The van der Waals surface area contributed by atoms with Crippen molar-refractivity contribution in [1.29, 1.82) is 0 Å². The van der Waals surface area contributed by atoms with Crippen molar-refractivity contribution in [3.8, 4) is 22.6 Å². The summed E-state index contributed by atoms with van der Waals surface area (Å²) in [6.07, 6.45) is 5.40. The van der Waals surface area contributed by atoms with Crippen molar-refractivity contribution in [3.63, 3.8) is 0 Å². The Morgan fingerprint density at radius 1 is 1.07 bits per heavy atom. The first-order valence-corrected chi connectivity index (χ1v) is 14.2. The molecule has 12 heteroatoms. The van der Waals surface area contributed by atoms with E-state index in [1.165, 1.54) is 14.9 Å². The van der Waals surface area contributed by atoms with Crippen molar-refractivity contribution in [3.05, 3.63) is 72.3 Å². The van der Waals surface area contributed by atoms with Crippen LogP contribution in [0.4, 0.5) is 5.82 Å². The van der Waals surface area contributed by atoms with Gasteiger partial charge >= 0.3 is 0 Å². The number of hydrogen-bond donors (Lipinski definition) is 0. The lowest BCUT2D eigenvalue weighted by Gasteiger charge is -2.34. The maximum Gasteiger partial charge on any atom is 0.269 e. The van der Waals surface area contributed by atoms with Crippen molar-refractivity contribution in [2.45, 2.75) is 24.8 Å². The summed E-state index contributed by atoms with van der Waals surface area (Å²) in [4.78, 5) is 28.4. The molecule has 6 rings (SSSR count). The van der Waals surface area contributed by atoms with Crippen LogP contribution in [0, 0.1) is 6.92 Å². The lowest BCUT2D eigenvalue weighted by molar-refractivity contribution is 0.0985. The number of nitrogens with zero attached hydrogens (tertiary/aromatic N) is 7. The van der Waals surface area contributed by atoms with E-state index in [9.17, 15) is 13.2 Å². The molecule has 204 valence electrons. The van der Waals surface area contributed by atoms with Gasteiger partial charge in [-0.15, -0.1) is 0 Å². The van der Waals surface area contributed by atoms with Crippen LogP contribution in [0.15, 0.2) is 66.0 Å². The minimum atomic E-state index is -3.89. The fourth-order valence-corrected chi connectivity index (χ4v) is 6.22. The molecule has 4 aromatic heterocycles. The Labute approximate surface area is 231 Å². The van der Waals surface area contributed by atoms with Gasteiger partial charge in [-0.1, -0.05) is 17.7 Å². The summed E-state index contributed by atoms with van der Waals surface area (Å²) < 4.78 is 35.3. The van der Waals surface area contributed by atoms with Crippen LogP contribution in [0.5, 0.6) is 0 Å². The smallest absolute Gasteiger partial charge is 0.269 e. The molecular formula is C28H27N7O4S. The van der Waals surface area contributed by atoms with Crippen molar-refractivity contribution in [2.24, 2.45) is 7.05 Å². The highest BCUT2D eigenvalue weighted by atomic mass is 32.2. The maximum atomic E-state index is 13.5. The second-order valence-corrected chi connectivity index (χ2v) is 11.6. The second kappa shape index (κ2) is 9.96. The summed E-state index contributed by atoms with van der Waals surface area (Å²) in [6.45, 7) is 5.72. The highest BCUT2D eigenvalue weighted by Crippen LogP contribution is 2.33. The van der Waals surface area contributed by atoms with Crippen LogP contribution in [-0.4, -0.2) is 69.2 Å². The van der Waals surface area contributed by atoms with Gasteiger partial charge in [-0.3, -0.25) is 9.48 Å². The minimum absolute atomic E-state index is 0.0713. The van der Waals surface area contributed by atoms with Crippen molar-refractivity contribution < 1.29 is 17.9 Å². The van der Waals surface area contributed by atoms with E-state index < -0.39 is 10.0 Å². The minimum Gasteiger partial charge on any atom is -0.377 e. The topological polar surface area (TPSA) is 125 Å². The largest absolute Gasteiger partial charge is 0.377 e. The molecule has 5 heterocycles. The van der Waals surface area contributed by atoms with E-state index in [0.29, 0.717) is 59.3 Å². The highest BCUT2D eigenvalue weighted by molar-refractivity contribution is 7.90. The number of benzene rings is 1. The zero-order valence-electron chi connectivity index (χ0n) is 22.2. The summed E-state index contributed by atoms with van der Waals surface area (Å²) in [6, 6.07) is 12.1. The number of aromatic nitrogens is 6. The summed E-state index contributed by atoms with van der Waals surface area (Å²) in [5.74, 6) is 1.05. The lowest BCUT2D eigenvalue weighted by Crippen LogP contribution is -2.44. The zero-order valence-corrected chi connectivity index (χ0v) is 23.0. The first-order chi connectivity index (χ1) is 19.3. The molecule has 1 aliphatic rings. The van der Waals surface area contributed by atoms with Gasteiger partial charge in [0.25, 0.3) is 10.0 Å². The van der Waals surface area contributed by atoms with Crippen LogP contribution in [0.1, 0.15) is 23.0 Å². The van der Waals surface area contributed by atoms with Crippen LogP contribution in [0.2, 0.25) is 0 Å². The predicted octanol–water partition coefficient (Wildman–Crippen LogP) is 3.48. The zero-order chi connectivity index (χ0) is 28.0. The number of carbonyl (C=O) groups excluding carboxylic acids is 1. The van der Waals surface area contributed by atoms with E-state index in [-0.39, 0.29) is 16.6 Å². The molecule has 0 spiro atoms. The average molecular weight is 558 g/mol. The van der Waals surface area contributed by atoms with Crippen LogP contribution >= 0.6 is 0 Å². The molecule has 1 aliphatic heterocycles. The third-order valence-electron chi connectivity index (χ3n) is 7.12. The number of ether oxygens (including phenoxy) is 1. The number of aldehydes is 1. The Bertz CT molecular complexity index is 1840. The van der Waals surface area contributed by atoms with Gasteiger partial charge in [0, 0.05) is 48.6 Å². The Hall–Kier alpha value is -4.42. The number of pyridine rings is 1. The Kier molecular flexibility index (Phi) is 6.43. The third kappa shape index (κ3) is 4.34. The van der Waals surface area contributed by atoms with Crippen molar-refractivity contribution >= 4 is 33.2 Å². The molecule has 0 saturated carbocycles. The molecular weight excluding hydrogens is 530 g/mol. The quantitative estimate of drug-likeness (QED) is 0.289. The van der Waals surface area contributed by atoms with Gasteiger partial charge in [0.2, 0.25) is 0 Å². The van der Waals surface area contributed by atoms with Gasteiger partial charge in [0.1, 0.15) is 11.5 Å². The van der Waals surface area contributed by atoms with E-state index >= 15 is 0 Å². The molecule has 0 unspecified atom stereocenters. The summed E-state index contributed by atoms with van der Waals surface area (Å²) >= 11 is 0. The maximum absolute atomic E-state index is 13.5. The van der Waals surface area contributed by atoms with Gasteiger partial charge in [0.15, 0.2) is 17.8 Å². The van der Waals surface area contributed by atoms with Gasteiger partial charge in [-0.05, 0) is 38.1 Å². The van der Waals surface area contributed by atoms with E-state index in [1.807, 2.05) is 13.0 Å². The highest BCUT2D eigenvalue weighted by Gasteiger charge is 2.25. The lowest BCUT2D eigenvalue weighted by atomic mass is 10.1. The molecule has 1 aromatic carbocycles. The standard InChI is InChI=1S/C28H27N7O4S/c1-18-4-6-20(7-5-18)40(37,38)35-11-9-22-21(8-10-29-28(22)35)27-31-24(23-15-30-33(3)25(23)16-36)14-26(32-27)34-12-13-39-17-19(34)2/h4-11,14-16,19H,12-13,17H2,1-3H3/t19-/m1/s1. The summed E-state index contributed by atoms with van der Waals surface area (Å²) in [5, 5.41) is 4.83. The average Bonchev–Trinajstić information content (AvgIpc) is 3.57. The van der Waals surface area contributed by atoms with Gasteiger partial charge in [0.05, 0.1) is 36.0 Å². The van der Waals surface area contributed by atoms with Crippen LogP contribution in [0.3, 0.4) is 0 Å². The number of anilines is 1. The van der Waals surface area contributed by atoms with Crippen LogP contribution < -0.4 is 4.90 Å². The molecule has 0 N–H and O–H groups in total. The molecule has 0 bridgehead atoms. The molecule has 40 heavy (non-hydrogen) atoms. The van der Waals surface area contributed by atoms with E-state index in [4.69, 9.17) is 14.7 Å². The number of rotatable bonds is 6. The van der Waals surface area contributed by atoms with Crippen LogP contribution in [0.25, 0.3) is 33.7 Å². The molecule has 1 atom stereocenters. The third-order valence-corrected chi connectivity index (χ3v) is 8.80. The van der Waals surface area contributed by atoms with Gasteiger partial charge in [-0.2, -0.15) is 5.10 Å². The number of morpholine rings is 1. The SMILES string of the molecule is Cc1ccc(S(=O)(=O)n2ccc3c(-c4nc(-c5cnn(C)c5C=O)cc(N5CCOC[C@H]5C)n4)ccnc32)cc1. The molecule has 1 fully saturated rings. The fraction of sp³-hybridized carbons (Fsp3) is 0.250. The van der Waals surface area contributed by atoms with Crippen LogP contribution in [-0.2, 0) is 21.8 Å². The van der Waals surface area contributed by atoms with E-state index in [2.05, 4.69) is 21.9 Å². The van der Waals surface area contributed by atoms with Gasteiger partial charge < -0.3 is 9.64 Å². The fourth-order valence-electron chi connectivity index (χ4n) is 4.92. The number of carbonyl (C=O) groups is 1. The Balaban J connectivity index is 1.53. The normalized spacial score (nSPS) is 16.0. The number of hydrogen-bond acceptors (Lipinski definition) is 9. The summed E-state index contributed by atoms with van der Waals surface area (Å²) in [7, 11) is -2.19. The van der Waals surface area contributed by atoms with E-state index in [1.54, 1.807) is 55.8 Å². The second-order valence-electron chi connectivity index (χ2n) is 9.76. The molecule has 11 nitrogen and oxygen atoms in total. The Morgan fingerprint density at radius 2 is 1.88 bits per heavy atom. The van der Waals surface area contributed by atoms with Crippen molar-refractivity contribution in [2.75, 3.05) is 24.7 Å². The molecule has 0 aliphatic carbocycles. The monoisotopic (exact) mass is 557 g/mol. The number of aryl methyl sites for hydroxylation is 2. The summed E-state index contributed by atoms with van der Waals surface area (Å²) in [5.41, 5.74) is 3.34. The molecule has 1 saturated heterocycles. The molecule has 0 amide bonds. The number of fused-ring (bicyclic) bond motifs is 1. The first-order valence-electron chi connectivity index (χ1n) is 12.8.